The van der Waals surface area contributed by atoms with Crippen molar-refractivity contribution in [2.24, 2.45) is 11.7 Å². The van der Waals surface area contributed by atoms with Gasteiger partial charge >= 0.3 is 5.97 Å². The molecule has 1 amide bonds. The first-order chi connectivity index (χ1) is 19.0. The van der Waals surface area contributed by atoms with E-state index in [9.17, 15) is 14.7 Å². The Labute approximate surface area is 229 Å². The fourth-order valence-electron chi connectivity index (χ4n) is 5.63. The van der Waals surface area contributed by atoms with Crippen LogP contribution in [-0.4, -0.2) is 84.4 Å². The summed E-state index contributed by atoms with van der Waals surface area (Å²) in [6.07, 6.45) is 7.65. The quantitative estimate of drug-likeness (QED) is 0.322. The van der Waals surface area contributed by atoms with Crippen molar-refractivity contribution in [2.45, 2.75) is 57.4 Å². The van der Waals surface area contributed by atoms with Crippen molar-refractivity contribution in [3.8, 4) is 17.2 Å². The van der Waals surface area contributed by atoms with Crippen LogP contribution in [0, 0.1) is 5.92 Å². The maximum absolute atomic E-state index is 13.6. The van der Waals surface area contributed by atoms with Gasteiger partial charge in [0.1, 0.15) is 6.26 Å². The van der Waals surface area contributed by atoms with Gasteiger partial charge < -0.3 is 34.4 Å². The fraction of sp³-hybridized carbons (Fsp3) is 0.607. The van der Waals surface area contributed by atoms with E-state index >= 15 is 0 Å². The van der Waals surface area contributed by atoms with E-state index in [-0.39, 0.29) is 25.2 Å². The second kappa shape index (κ2) is 13.7. The van der Waals surface area contributed by atoms with Gasteiger partial charge in [0.2, 0.25) is 18.4 Å². The molecule has 4 rings (SSSR count). The van der Waals surface area contributed by atoms with Crippen molar-refractivity contribution in [3.63, 3.8) is 0 Å². The Morgan fingerprint density at radius 1 is 1.23 bits per heavy atom. The highest BCUT2D eigenvalue weighted by atomic mass is 16.7. The van der Waals surface area contributed by atoms with Gasteiger partial charge in [-0.05, 0) is 49.9 Å². The lowest BCUT2D eigenvalue weighted by Crippen LogP contribution is -2.45. The second-order valence-corrected chi connectivity index (χ2v) is 10.1. The number of aromatic nitrogens is 1. The number of aliphatic carboxylic acids is 1. The van der Waals surface area contributed by atoms with E-state index in [1.165, 1.54) is 6.26 Å². The van der Waals surface area contributed by atoms with E-state index in [0.29, 0.717) is 62.2 Å². The van der Waals surface area contributed by atoms with Crippen LogP contribution < -0.4 is 19.9 Å². The summed E-state index contributed by atoms with van der Waals surface area (Å²) in [6, 6.07) is 3.27. The van der Waals surface area contributed by atoms with Gasteiger partial charge in [0.25, 0.3) is 0 Å². The second-order valence-electron chi connectivity index (χ2n) is 10.1. The van der Waals surface area contributed by atoms with Crippen LogP contribution in [0.3, 0.4) is 0 Å². The Kier molecular flexibility index (Phi) is 10.0. The number of carboxylic acids is 1. The predicted molar refractivity (Wildman–Crippen MR) is 143 cm³/mol. The molecule has 1 saturated heterocycles. The zero-order valence-corrected chi connectivity index (χ0v) is 22.8. The number of benzene rings is 1. The minimum absolute atomic E-state index is 0.00894. The molecule has 11 heteroatoms. The number of methoxy groups -OCH3 is 1. The van der Waals surface area contributed by atoms with E-state index < -0.39 is 17.9 Å². The maximum atomic E-state index is 13.6. The monoisotopic (exact) mass is 544 g/mol. The van der Waals surface area contributed by atoms with E-state index in [1.807, 2.05) is 21.9 Å². The van der Waals surface area contributed by atoms with Crippen LogP contribution in [0.4, 0.5) is 0 Å². The molecule has 11 nitrogen and oxygen atoms in total. The van der Waals surface area contributed by atoms with Crippen LogP contribution in [0.2, 0.25) is 0 Å². The number of unbranched alkanes of at least 4 members (excludes halogenated alkanes) is 2. The zero-order chi connectivity index (χ0) is 27.8. The normalized spacial score (nSPS) is 20.3. The van der Waals surface area contributed by atoms with Gasteiger partial charge in [0.05, 0.1) is 25.8 Å². The lowest BCUT2D eigenvalue weighted by molar-refractivity contribution is -0.143. The topological polar surface area (TPSA) is 141 Å². The number of fused-ring (bicyclic) bond motifs is 1. The number of hydrogen-bond acceptors (Lipinski definition) is 9. The van der Waals surface area contributed by atoms with Crippen LogP contribution in [0.25, 0.3) is 0 Å². The molecule has 3 heterocycles. The van der Waals surface area contributed by atoms with E-state index in [1.54, 1.807) is 13.3 Å². The van der Waals surface area contributed by atoms with Crippen LogP contribution in [0.15, 0.2) is 29.0 Å². The number of rotatable bonds is 15. The largest absolute Gasteiger partial charge is 0.493 e. The molecule has 3 N–H and O–H groups in total. The smallest absolute Gasteiger partial charge is 0.308 e. The van der Waals surface area contributed by atoms with Gasteiger partial charge in [-0.25, -0.2) is 4.98 Å². The number of likely N-dealkylation sites (tertiary alicyclic amines) is 1. The molecule has 0 radical (unpaired) electrons. The number of nitrogens with zero attached hydrogens (tertiary/aromatic N) is 3. The van der Waals surface area contributed by atoms with Gasteiger partial charge in [-0.3, -0.25) is 14.5 Å². The van der Waals surface area contributed by atoms with E-state index in [4.69, 9.17) is 24.4 Å². The lowest BCUT2D eigenvalue weighted by Gasteiger charge is -2.29. The molecule has 0 aliphatic carbocycles. The first kappa shape index (κ1) is 28.7. The van der Waals surface area contributed by atoms with Gasteiger partial charge in [-0.15, -0.1) is 0 Å². The summed E-state index contributed by atoms with van der Waals surface area (Å²) in [4.78, 5) is 34.5. The summed E-state index contributed by atoms with van der Waals surface area (Å²) in [7, 11) is 1.55. The molecule has 1 fully saturated rings. The number of aryl methyl sites for hydroxylation is 1. The molecule has 0 spiro atoms. The summed E-state index contributed by atoms with van der Waals surface area (Å²) >= 11 is 0. The molecule has 39 heavy (non-hydrogen) atoms. The fourth-order valence-corrected chi connectivity index (χ4v) is 5.63. The van der Waals surface area contributed by atoms with Gasteiger partial charge in [-0.1, -0.05) is 13.3 Å². The Morgan fingerprint density at radius 3 is 2.74 bits per heavy atom. The molecule has 2 aliphatic rings. The van der Waals surface area contributed by atoms with Crippen molar-refractivity contribution in [2.75, 3.05) is 46.6 Å². The molecule has 2 aromatic rings. The highest BCUT2D eigenvalue weighted by molar-refractivity contribution is 5.79. The first-order valence-corrected chi connectivity index (χ1v) is 13.8. The van der Waals surface area contributed by atoms with Crippen LogP contribution in [0.1, 0.15) is 56.4 Å². The number of amides is 1. The third-order valence-corrected chi connectivity index (χ3v) is 7.63. The van der Waals surface area contributed by atoms with Crippen molar-refractivity contribution in [3.05, 3.63) is 36.0 Å². The van der Waals surface area contributed by atoms with Crippen molar-refractivity contribution < 1.29 is 33.3 Å². The van der Waals surface area contributed by atoms with Crippen molar-refractivity contribution in [1.82, 2.24) is 14.8 Å². The van der Waals surface area contributed by atoms with Crippen LogP contribution in [-0.2, 0) is 16.0 Å². The first-order valence-electron chi connectivity index (χ1n) is 13.8. The van der Waals surface area contributed by atoms with Crippen LogP contribution in [0.5, 0.6) is 17.2 Å². The van der Waals surface area contributed by atoms with Gasteiger partial charge in [0, 0.05) is 38.0 Å². The number of carbonyl (C=O) groups excluding carboxylic acids is 1. The van der Waals surface area contributed by atoms with E-state index in [0.717, 1.165) is 31.2 Å². The number of carboxylic acid groups (broad SMARTS) is 1. The molecule has 0 saturated carbocycles. The lowest BCUT2D eigenvalue weighted by atomic mass is 9.83. The summed E-state index contributed by atoms with van der Waals surface area (Å²) in [5.74, 6) is 0.0662. The number of nitrogens with two attached hydrogens (primary N) is 1. The van der Waals surface area contributed by atoms with Gasteiger partial charge in [0.15, 0.2) is 17.4 Å². The third-order valence-electron chi connectivity index (χ3n) is 7.63. The molecule has 214 valence electrons. The molecule has 0 bridgehead atoms. The number of oxazole rings is 1. The molecular weight excluding hydrogens is 504 g/mol. The molecule has 1 aromatic carbocycles. The number of hydrogen-bond donors (Lipinski definition) is 2. The molecule has 3 atom stereocenters. The Balaban J connectivity index is 1.61. The predicted octanol–water partition coefficient (Wildman–Crippen LogP) is 2.88. The Hall–Kier alpha value is -3.31. The summed E-state index contributed by atoms with van der Waals surface area (Å²) in [5, 5.41) is 10.5. The standard InChI is InChI=1S/C28H40N4O7/c1-3-4-11-31(12-6-5-9-29)25(33)17-32-16-20(19-14-22(36-2)27-23(15-19)38-18-39-27)26(28(34)35)21(32)7-8-24-30-10-13-37-24/h10,13-15,20-21,26H,3-9,11-12,16-18,29H2,1-2H3,(H,34,35). The highest BCUT2D eigenvalue weighted by Gasteiger charge is 2.47. The SMILES string of the molecule is CCCCN(CCCCN)C(=O)CN1CC(c2cc(OC)c3c(c2)OCO3)C(C(=O)O)C1CCc1ncco1. The average Bonchev–Trinajstić information content (AvgIpc) is 3.69. The van der Waals surface area contributed by atoms with Crippen LogP contribution >= 0.6 is 0 Å². The molecule has 1 aromatic heterocycles. The maximum Gasteiger partial charge on any atom is 0.308 e. The van der Waals surface area contributed by atoms with Crippen molar-refractivity contribution in [1.29, 1.82) is 0 Å². The number of ether oxygens (including phenoxy) is 3. The molecule has 3 unspecified atom stereocenters. The summed E-state index contributed by atoms with van der Waals surface area (Å²) in [6.45, 7) is 4.65. The third kappa shape index (κ3) is 6.83. The number of carbonyl (C=O) groups is 2. The van der Waals surface area contributed by atoms with E-state index in [2.05, 4.69) is 11.9 Å². The minimum atomic E-state index is -0.908. The summed E-state index contributed by atoms with van der Waals surface area (Å²) < 4.78 is 22.1. The van der Waals surface area contributed by atoms with Gasteiger partial charge in [-0.2, -0.15) is 0 Å². The Bertz CT molecular complexity index is 1090. The van der Waals surface area contributed by atoms with Crippen molar-refractivity contribution >= 4 is 11.9 Å². The average molecular weight is 545 g/mol. The minimum Gasteiger partial charge on any atom is -0.493 e. The zero-order valence-electron chi connectivity index (χ0n) is 22.8. The highest BCUT2D eigenvalue weighted by Crippen LogP contribution is 2.47. The Morgan fingerprint density at radius 2 is 2.05 bits per heavy atom. The summed E-state index contributed by atoms with van der Waals surface area (Å²) in [5.41, 5.74) is 6.46. The molecular formula is C28H40N4O7. The molecule has 2 aliphatic heterocycles.